The first-order valence-corrected chi connectivity index (χ1v) is 5.74. The summed E-state index contributed by atoms with van der Waals surface area (Å²) in [4.78, 5) is 2.46. The second-order valence-electron chi connectivity index (χ2n) is 4.12. The number of H-pyrrole nitrogens is 1. The van der Waals surface area contributed by atoms with Crippen LogP contribution >= 0.6 is 0 Å². The molecule has 1 aliphatic heterocycles. The molecular weight excluding hydrogens is 190 g/mol. The van der Waals surface area contributed by atoms with Gasteiger partial charge in [-0.2, -0.15) is 5.10 Å². The minimum absolute atomic E-state index is 0.0475. The molecule has 0 spiro atoms. The molecule has 1 aromatic heterocycles. The van der Waals surface area contributed by atoms with Gasteiger partial charge in [-0.1, -0.05) is 13.3 Å². The molecule has 2 heterocycles. The number of aromatic amines is 1. The van der Waals surface area contributed by atoms with E-state index in [-0.39, 0.29) is 6.61 Å². The van der Waals surface area contributed by atoms with Crippen LogP contribution in [0.1, 0.15) is 43.6 Å². The lowest BCUT2D eigenvalue weighted by molar-refractivity contribution is 0.154. The van der Waals surface area contributed by atoms with Crippen molar-refractivity contribution in [3.05, 3.63) is 17.5 Å². The van der Waals surface area contributed by atoms with Gasteiger partial charge in [0.2, 0.25) is 0 Å². The SMILES string of the molecule is CCN1CCCCC1c1cc(CO)[nH]n1. The summed E-state index contributed by atoms with van der Waals surface area (Å²) in [6.45, 7) is 4.48. The lowest BCUT2D eigenvalue weighted by atomic mass is 9.99. The molecule has 0 radical (unpaired) electrons. The highest BCUT2D eigenvalue weighted by atomic mass is 16.3. The van der Waals surface area contributed by atoms with Crippen LogP contribution in [0.15, 0.2) is 6.07 Å². The summed E-state index contributed by atoms with van der Waals surface area (Å²) in [6.07, 6.45) is 3.76. The molecule has 2 rings (SSSR count). The average molecular weight is 209 g/mol. The second-order valence-corrected chi connectivity index (χ2v) is 4.12. The van der Waals surface area contributed by atoms with Gasteiger partial charge < -0.3 is 5.11 Å². The minimum atomic E-state index is 0.0475. The predicted molar refractivity (Wildman–Crippen MR) is 58.3 cm³/mol. The molecule has 0 aliphatic carbocycles. The monoisotopic (exact) mass is 209 g/mol. The second kappa shape index (κ2) is 4.77. The Morgan fingerprint density at radius 1 is 1.60 bits per heavy atom. The van der Waals surface area contributed by atoms with Gasteiger partial charge in [0.05, 0.1) is 24.0 Å². The molecule has 15 heavy (non-hydrogen) atoms. The fourth-order valence-electron chi connectivity index (χ4n) is 2.34. The maximum Gasteiger partial charge on any atom is 0.0847 e. The van der Waals surface area contributed by atoms with E-state index in [9.17, 15) is 0 Å². The quantitative estimate of drug-likeness (QED) is 0.792. The van der Waals surface area contributed by atoms with Gasteiger partial charge in [-0.15, -0.1) is 0 Å². The number of likely N-dealkylation sites (tertiary alicyclic amines) is 1. The van der Waals surface area contributed by atoms with E-state index in [0.717, 1.165) is 17.9 Å². The van der Waals surface area contributed by atoms with E-state index in [2.05, 4.69) is 22.0 Å². The normalized spacial score (nSPS) is 23.2. The van der Waals surface area contributed by atoms with E-state index >= 15 is 0 Å². The van der Waals surface area contributed by atoms with Gasteiger partial charge in [-0.3, -0.25) is 10.00 Å². The van der Waals surface area contributed by atoms with Crippen molar-refractivity contribution >= 4 is 0 Å². The zero-order valence-corrected chi connectivity index (χ0v) is 9.24. The van der Waals surface area contributed by atoms with Gasteiger partial charge in [0, 0.05) is 0 Å². The van der Waals surface area contributed by atoms with Crippen molar-refractivity contribution in [2.24, 2.45) is 0 Å². The molecule has 0 aromatic carbocycles. The smallest absolute Gasteiger partial charge is 0.0847 e. The van der Waals surface area contributed by atoms with E-state index in [1.165, 1.54) is 25.8 Å². The van der Waals surface area contributed by atoms with Crippen molar-refractivity contribution in [2.45, 2.75) is 38.8 Å². The number of hydrogen-bond acceptors (Lipinski definition) is 3. The van der Waals surface area contributed by atoms with Crippen LogP contribution in [0.25, 0.3) is 0 Å². The number of nitrogens with one attached hydrogen (secondary N) is 1. The highest BCUT2D eigenvalue weighted by Crippen LogP contribution is 2.29. The maximum absolute atomic E-state index is 8.99. The highest BCUT2D eigenvalue weighted by molar-refractivity contribution is 5.12. The summed E-state index contributed by atoms with van der Waals surface area (Å²) in [6, 6.07) is 2.43. The Bertz CT molecular complexity index is 311. The van der Waals surface area contributed by atoms with Crippen LogP contribution in [0.2, 0.25) is 0 Å². The Labute approximate surface area is 90.3 Å². The number of nitrogens with zero attached hydrogens (tertiary/aromatic N) is 2. The minimum Gasteiger partial charge on any atom is -0.390 e. The molecule has 4 heteroatoms. The number of rotatable bonds is 3. The summed E-state index contributed by atoms with van der Waals surface area (Å²) in [7, 11) is 0. The summed E-state index contributed by atoms with van der Waals surface area (Å²) in [5, 5.41) is 16.1. The van der Waals surface area contributed by atoms with Crippen LogP contribution in [-0.2, 0) is 6.61 Å². The average Bonchev–Trinajstić information content (AvgIpc) is 2.77. The van der Waals surface area contributed by atoms with Crippen molar-refractivity contribution in [3.63, 3.8) is 0 Å². The summed E-state index contributed by atoms with van der Waals surface area (Å²) in [5.41, 5.74) is 1.90. The van der Waals surface area contributed by atoms with Gasteiger partial charge in [0.15, 0.2) is 0 Å². The van der Waals surface area contributed by atoms with Crippen molar-refractivity contribution in [2.75, 3.05) is 13.1 Å². The first-order chi connectivity index (χ1) is 7.35. The molecule has 0 amide bonds. The molecule has 4 nitrogen and oxygen atoms in total. The number of aliphatic hydroxyl groups excluding tert-OH is 1. The third-order valence-electron chi connectivity index (χ3n) is 3.18. The highest BCUT2D eigenvalue weighted by Gasteiger charge is 2.24. The van der Waals surface area contributed by atoms with E-state index in [4.69, 9.17) is 5.11 Å². The predicted octanol–water partition coefficient (Wildman–Crippen LogP) is 1.45. The van der Waals surface area contributed by atoms with E-state index in [1.807, 2.05) is 6.07 Å². The number of aromatic nitrogens is 2. The van der Waals surface area contributed by atoms with Gasteiger partial charge in [0.1, 0.15) is 0 Å². The number of hydrogen-bond donors (Lipinski definition) is 2. The van der Waals surface area contributed by atoms with Gasteiger partial charge in [0.25, 0.3) is 0 Å². The lowest BCUT2D eigenvalue weighted by Crippen LogP contribution is -2.33. The molecule has 0 bridgehead atoms. The van der Waals surface area contributed by atoms with Crippen LogP contribution in [-0.4, -0.2) is 33.3 Å². The fraction of sp³-hybridized carbons (Fsp3) is 0.727. The number of aliphatic hydroxyl groups is 1. The summed E-state index contributed by atoms with van der Waals surface area (Å²) >= 11 is 0. The third kappa shape index (κ3) is 2.21. The Morgan fingerprint density at radius 3 is 3.13 bits per heavy atom. The lowest BCUT2D eigenvalue weighted by Gasteiger charge is -2.33. The van der Waals surface area contributed by atoms with Crippen molar-refractivity contribution < 1.29 is 5.11 Å². The van der Waals surface area contributed by atoms with Gasteiger partial charge >= 0.3 is 0 Å². The van der Waals surface area contributed by atoms with Crippen LogP contribution in [0.4, 0.5) is 0 Å². The molecule has 84 valence electrons. The van der Waals surface area contributed by atoms with E-state index in [0.29, 0.717) is 6.04 Å². The number of piperidine rings is 1. The van der Waals surface area contributed by atoms with E-state index < -0.39 is 0 Å². The van der Waals surface area contributed by atoms with Crippen molar-refractivity contribution in [3.8, 4) is 0 Å². The summed E-state index contributed by atoms with van der Waals surface area (Å²) < 4.78 is 0. The third-order valence-corrected chi connectivity index (χ3v) is 3.18. The Balaban J connectivity index is 2.12. The molecule has 2 N–H and O–H groups in total. The van der Waals surface area contributed by atoms with Crippen LogP contribution in [0.5, 0.6) is 0 Å². The van der Waals surface area contributed by atoms with E-state index in [1.54, 1.807) is 0 Å². The fourth-order valence-corrected chi connectivity index (χ4v) is 2.34. The molecule has 1 unspecified atom stereocenters. The molecule has 0 saturated carbocycles. The first kappa shape index (κ1) is 10.6. The largest absolute Gasteiger partial charge is 0.390 e. The first-order valence-electron chi connectivity index (χ1n) is 5.74. The van der Waals surface area contributed by atoms with Crippen LogP contribution < -0.4 is 0 Å². The standard InChI is InChI=1S/C11H19N3O/c1-2-14-6-4-3-5-11(14)10-7-9(8-15)12-13-10/h7,11,15H,2-6,8H2,1H3,(H,12,13). The summed E-state index contributed by atoms with van der Waals surface area (Å²) in [5.74, 6) is 0. The molecule has 1 aliphatic rings. The molecule has 1 atom stereocenters. The van der Waals surface area contributed by atoms with Crippen molar-refractivity contribution in [1.82, 2.24) is 15.1 Å². The molecule has 1 aromatic rings. The van der Waals surface area contributed by atoms with Gasteiger partial charge in [-0.05, 0) is 32.0 Å². The maximum atomic E-state index is 8.99. The zero-order chi connectivity index (χ0) is 10.7. The molecule has 1 fully saturated rings. The Morgan fingerprint density at radius 2 is 2.47 bits per heavy atom. The zero-order valence-electron chi connectivity index (χ0n) is 9.24. The Hall–Kier alpha value is -0.870. The topological polar surface area (TPSA) is 52.1 Å². The van der Waals surface area contributed by atoms with Gasteiger partial charge in [-0.25, -0.2) is 0 Å². The molecule has 1 saturated heterocycles. The van der Waals surface area contributed by atoms with Crippen LogP contribution in [0, 0.1) is 0 Å². The molecular formula is C11H19N3O. The Kier molecular flexibility index (Phi) is 3.38. The van der Waals surface area contributed by atoms with Crippen LogP contribution in [0.3, 0.4) is 0 Å². The van der Waals surface area contributed by atoms with Crippen molar-refractivity contribution in [1.29, 1.82) is 0 Å².